The lowest BCUT2D eigenvalue weighted by atomic mass is 10.1. The van der Waals surface area contributed by atoms with Gasteiger partial charge in [0.05, 0.1) is 18.8 Å². The highest BCUT2D eigenvalue weighted by Crippen LogP contribution is 2.08. The second-order valence-corrected chi connectivity index (χ2v) is 6.31. The Bertz CT molecular complexity index is 393. The molecule has 0 saturated heterocycles. The summed E-state index contributed by atoms with van der Waals surface area (Å²) in [5.74, 6) is 0.629. The van der Waals surface area contributed by atoms with Crippen LogP contribution in [0.2, 0.25) is 0 Å². The minimum atomic E-state index is -0.434. The molecule has 0 aliphatic carbocycles. The summed E-state index contributed by atoms with van der Waals surface area (Å²) in [5.41, 5.74) is 2.69. The Morgan fingerprint density at radius 1 is 1.19 bits per heavy atom. The van der Waals surface area contributed by atoms with Crippen LogP contribution in [0.1, 0.15) is 38.3 Å². The fourth-order valence-electron chi connectivity index (χ4n) is 2.45. The molecule has 0 fully saturated rings. The predicted octanol–water partition coefficient (Wildman–Crippen LogP) is 2.94. The first-order valence-electron chi connectivity index (χ1n) is 8.04. The molecule has 3 nitrogen and oxygen atoms in total. The first-order chi connectivity index (χ1) is 9.99. The summed E-state index contributed by atoms with van der Waals surface area (Å²) in [6, 6.07) is 8.42. The minimum absolute atomic E-state index is 0.214. The fourth-order valence-corrected chi connectivity index (χ4v) is 2.45. The van der Waals surface area contributed by atoms with E-state index in [1.807, 2.05) is 0 Å². The third-order valence-electron chi connectivity index (χ3n) is 3.59. The third-order valence-corrected chi connectivity index (χ3v) is 3.59. The molecular weight excluding hydrogens is 262 g/mol. The summed E-state index contributed by atoms with van der Waals surface area (Å²) in [6.45, 7) is 10.4. The van der Waals surface area contributed by atoms with Crippen molar-refractivity contribution in [3.05, 3.63) is 35.4 Å². The summed E-state index contributed by atoms with van der Waals surface area (Å²) in [7, 11) is 0. The molecule has 0 saturated carbocycles. The molecule has 0 bridgehead atoms. The molecule has 2 unspecified atom stereocenters. The Hall–Kier alpha value is -0.900. The van der Waals surface area contributed by atoms with Gasteiger partial charge in [0, 0.05) is 6.54 Å². The average molecular weight is 293 g/mol. The van der Waals surface area contributed by atoms with Crippen LogP contribution < -0.4 is 5.32 Å². The van der Waals surface area contributed by atoms with Crippen LogP contribution in [-0.4, -0.2) is 37.0 Å². The van der Waals surface area contributed by atoms with Gasteiger partial charge in [0.2, 0.25) is 0 Å². The molecule has 0 aliphatic heterocycles. The highest BCUT2D eigenvalue weighted by Gasteiger charge is 2.09. The van der Waals surface area contributed by atoms with Crippen molar-refractivity contribution < 1.29 is 9.84 Å². The van der Waals surface area contributed by atoms with Crippen molar-refractivity contribution in [3.63, 3.8) is 0 Å². The number of benzene rings is 1. The van der Waals surface area contributed by atoms with E-state index in [4.69, 9.17) is 4.74 Å². The van der Waals surface area contributed by atoms with Crippen LogP contribution in [0, 0.1) is 12.8 Å². The van der Waals surface area contributed by atoms with E-state index >= 15 is 0 Å². The Balaban J connectivity index is 2.11. The quantitative estimate of drug-likeness (QED) is 0.652. The fraction of sp³-hybridized carbons (Fsp3) is 0.667. The molecule has 0 aliphatic rings. The van der Waals surface area contributed by atoms with E-state index in [0.717, 1.165) is 19.4 Å². The van der Waals surface area contributed by atoms with Gasteiger partial charge in [-0.15, -0.1) is 0 Å². The number of aliphatic hydroxyl groups excluding tert-OH is 1. The van der Waals surface area contributed by atoms with Crippen LogP contribution in [0.3, 0.4) is 0 Å². The lowest BCUT2D eigenvalue weighted by Gasteiger charge is -2.18. The zero-order chi connectivity index (χ0) is 15.7. The summed E-state index contributed by atoms with van der Waals surface area (Å²) < 4.78 is 5.66. The molecule has 0 aromatic heterocycles. The van der Waals surface area contributed by atoms with Crippen LogP contribution in [-0.2, 0) is 11.2 Å². The van der Waals surface area contributed by atoms with Crippen LogP contribution in [0.5, 0.6) is 0 Å². The van der Waals surface area contributed by atoms with Gasteiger partial charge in [-0.25, -0.2) is 0 Å². The van der Waals surface area contributed by atoms with Crippen molar-refractivity contribution in [1.82, 2.24) is 5.32 Å². The molecule has 2 N–H and O–H groups in total. The van der Waals surface area contributed by atoms with Crippen molar-refractivity contribution in [2.24, 2.45) is 5.92 Å². The van der Waals surface area contributed by atoms with Crippen LogP contribution >= 0.6 is 0 Å². The summed E-state index contributed by atoms with van der Waals surface area (Å²) in [4.78, 5) is 0. The maximum atomic E-state index is 9.90. The number of aryl methyl sites for hydroxylation is 1. The van der Waals surface area contributed by atoms with Crippen molar-refractivity contribution in [2.75, 3.05) is 19.7 Å². The Kier molecular flexibility index (Phi) is 8.58. The van der Waals surface area contributed by atoms with Crippen molar-refractivity contribution in [2.45, 2.75) is 52.7 Å². The Morgan fingerprint density at radius 3 is 2.57 bits per heavy atom. The molecule has 1 aromatic carbocycles. The molecule has 0 spiro atoms. The van der Waals surface area contributed by atoms with E-state index in [1.54, 1.807) is 0 Å². The Labute approximate surface area is 129 Å². The number of rotatable bonds is 10. The topological polar surface area (TPSA) is 41.5 Å². The monoisotopic (exact) mass is 293 g/mol. The molecule has 120 valence electrons. The van der Waals surface area contributed by atoms with Gasteiger partial charge in [-0.05, 0) is 50.3 Å². The van der Waals surface area contributed by atoms with E-state index < -0.39 is 6.10 Å². The summed E-state index contributed by atoms with van der Waals surface area (Å²) in [5, 5.41) is 13.2. The summed E-state index contributed by atoms with van der Waals surface area (Å²) in [6.07, 6.45) is 1.81. The van der Waals surface area contributed by atoms with E-state index in [-0.39, 0.29) is 6.10 Å². The first kappa shape index (κ1) is 18.1. The number of aliphatic hydroxyl groups is 1. The van der Waals surface area contributed by atoms with Crippen LogP contribution in [0.15, 0.2) is 24.3 Å². The normalized spacial score (nSPS) is 14.4. The standard InChI is InChI=1S/C18H31NO2/c1-14(2)11-16(4)21-13-18(20)12-19-10-9-17-8-6-5-7-15(17)3/h5-8,14,16,18-20H,9-13H2,1-4H3. The Morgan fingerprint density at radius 2 is 1.90 bits per heavy atom. The van der Waals surface area contributed by atoms with E-state index in [0.29, 0.717) is 19.1 Å². The molecule has 21 heavy (non-hydrogen) atoms. The lowest BCUT2D eigenvalue weighted by Crippen LogP contribution is -2.33. The molecule has 2 atom stereocenters. The average Bonchev–Trinajstić information content (AvgIpc) is 2.42. The molecule has 3 heteroatoms. The van der Waals surface area contributed by atoms with Crippen molar-refractivity contribution in [1.29, 1.82) is 0 Å². The van der Waals surface area contributed by atoms with Crippen molar-refractivity contribution in [3.8, 4) is 0 Å². The molecule has 0 radical (unpaired) electrons. The van der Waals surface area contributed by atoms with Crippen LogP contribution in [0.4, 0.5) is 0 Å². The highest BCUT2D eigenvalue weighted by molar-refractivity contribution is 5.25. The van der Waals surface area contributed by atoms with Crippen molar-refractivity contribution >= 4 is 0 Å². The SMILES string of the molecule is Cc1ccccc1CCNCC(O)COC(C)CC(C)C. The second-order valence-electron chi connectivity index (χ2n) is 6.31. The second kappa shape index (κ2) is 9.93. The maximum absolute atomic E-state index is 9.90. The summed E-state index contributed by atoms with van der Waals surface area (Å²) >= 11 is 0. The van der Waals surface area contributed by atoms with Gasteiger partial charge in [-0.1, -0.05) is 38.1 Å². The van der Waals surface area contributed by atoms with Gasteiger partial charge in [0.1, 0.15) is 0 Å². The zero-order valence-corrected chi connectivity index (χ0v) is 13.9. The van der Waals surface area contributed by atoms with Gasteiger partial charge in [-0.2, -0.15) is 0 Å². The highest BCUT2D eigenvalue weighted by atomic mass is 16.5. The molecule has 1 rings (SSSR count). The predicted molar refractivity (Wildman–Crippen MR) is 88.6 cm³/mol. The molecular formula is C18H31NO2. The van der Waals surface area contributed by atoms with Crippen LogP contribution in [0.25, 0.3) is 0 Å². The van der Waals surface area contributed by atoms with Gasteiger partial charge in [0.15, 0.2) is 0 Å². The van der Waals surface area contributed by atoms with E-state index in [9.17, 15) is 5.11 Å². The number of hydrogen-bond donors (Lipinski definition) is 2. The van der Waals surface area contributed by atoms with Gasteiger partial charge >= 0.3 is 0 Å². The first-order valence-corrected chi connectivity index (χ1v) is 8.04. The van der Waals surface area contributed by atoms with Gasteiger partial charge in [0.25, 0.3) is 0 Å². The largest absolute Gasteiger partial charge is 0.389 e. The van der Waals surface area contributed by atoms with E-state index in [2.05, 4.69) is 57.3 Å². The van der Waals surface area contributed by atoms with Gasteiger partial charge in [-0.3, -0.25) is 0 Å². The minimum Gasteiger partial charge on any atom is -0.389 e. The molecule has 1 aromatic rings. The maximum Gasteiger partial charge on any atom is 0.0897 e. The lowest BCUT2D eigenvalue weighted by molar-refractivity contribution is -0.00839. The zero-order valence-electron chi connectivity index (χ0n) is 13.9. The molecule has 0 heterocycles. The van der Waals surface area contributed by atoms with Gasteiger partial charge < -0.3 is 15.2 Å². The smallest absolute Gasteiger partial charge is 0.0897 e. The molecule has 0 amide bonds. The third kappa shape index (κ3) is 8.20. The number of hydrogen-bond acceptors (Lipinski definition) is 3. The number of nitrogens with one attached hydrogen (secondary N) is 1. The number of ether oxygens (including phenoxy) is 1. The van der Waals surface area contributed by atoms with E-state index in [1.165, 1.54) is 11.1 Å².